The Kier molecular flexibility index (Phi) is 5.32. The number of anilines is 1. The molecule has 1 aliphatic heterocycles. The molecule has 4 rings (SSSR count). The van der Waals surface area contributed by atoms with Gasteiger partial charge in [-0.05, 0) is 18.8 Å². The van der Waals surface area contributed by atoms with Gasteiger partial charge in [0.2, 0.25) is 5.88 Å². The Morgan fingerprint density at radius 1 is 1.07 bits per heavy atom. The molecule has 0 radical (unpaired) electrons. The van der Waals surface area contributed by atoms with E-state index in [0.29, 0.717) is 18.4 Å². The van der Waals surface area contributed by atoms with Crippen molar-refractivity contribution >= 4 is 5.82 Å². The molecular formula is C21H23N5O2. The van der Waals surface area contributed by atoms with Crippen LogP contribution in [-0.4, -0.2) is 39.2 Å². The maximum absolute atomic E-state index is 11.8. The second kappa shape index (κ2) is 8.21. The van der Waals surface area contributed by atoms with Crippen molar-refractivity contribution in [3.05, 3.63) is 65.5 Å². The molecule has 1 saturated heterocycles. The van der Waals surface area contributed by atoms with Crippen LogP contribution in [0.4, 0.5) is 5.82 Å². The Morgan fingerprint density at radius 2 is 1.86 bits per heavy atom. The molecule has 1 fully saturated rings. The first kappa shape index (κ1) is 18.2. The zero-order valence-electron chi connectivity index (χ0n) is 15.9. The summed E-state index contributed by atoms with van der Waals surface area (Å²) in [5, 5.41) is 0. The van der Waals surface area contributed by atoms with Crippen molar-refractivity contribution in [3.63, 3.8) is 0 Å². The predicted octanol–water partition coefficient (Wildman–Crippen LogP) is 2.53. The zero-order valence-corrected chi connectivity index (χ0v) is 15.9. The minimum absolute atomic E-state index is 0.0339. The highest BCUT2D eigenvalue weighted by Gasteiger charge is 2.21. The fraction of sp³-hybridized carbons (Fsp3) is 0.333. The molecule has 0 aliphatic carbocycles. The number of rotatable bonds is 5. The smallest absolute Gasteiger partial charge is 0.255 e. The van der Waals surface area contributed by atoms with E-state index in [1.807, 2.05) is 36.4 Å². The predicted molar refractivity (Wildman–Crippen MR) is 107 cm³/mol. The van der Waals surface area contributed by atoms with Crippen LogP contribution in [0.2, 0.25) is 0 Å². The average molecular weight is 377 g/mol. The fourth-order valence-corrected chi connectivity index (χ4v) is 3.34. The first-order valence-corrected chi connectivity index (χ1v) is 9.47. The number of hydrogen-bond donors (Lipinski definition) is 0. The highest BCUT2D eigenvalue weighted by molar-refractivity contribution is 5.59. The number of benzene rings is 1. The van der Waals surface area contributed by atoms with Gasteiger partial charge in [0.1, 0.15) is 12.1 Å². The van der Waals surface area contributed by atoms with Crippen LogP contribution in [-0.2, 0) is 7.05 Å². The minimum atomic E-state index is -0.0339. The zero-order chi connectivity index (χ0) is 19.3. The van der Waals surface area contributed by atoms with Gasteiger partial charge in [-0.15, -0.1) is 0 Å². The highest BCUT2D eigenvalue weighted by Crippen LogP contribution is 2.23. The maximum Gasteiger partial charge on any atom is 0.255 e. The second-order valence-corrected chi connectivity index (χ2v) is 7.05. The van der Waals surface area contributed by atoms with Crippen molar-refractivity contribution < 1.29 is 4.74 Å². The maximum atomic E-state index is 11.8. The first-order valence-electron chi connectivity index (χ1n) is 9.47. The highest BCUT2D eigenvalue weighted by atomic mass is 16.5. The van der Waals surface area contributed by atoms with Gasteiger partial charge in [0.05, 0.1) is 18.6 Å². The molecule has 144 valence electrons. The molecule has 0 saturated carbocycles. The SMILES string of the molecule is Cn1cnc(N2CCC(COc3cc(-c4ccccc4)ncn3)CC2)cc1=O. The Balaban J connectivity index is 1.32. The molecule has 0 atom stereocenters. The van der Waals surface area contributed by atoms with Gasteiger partial charge in [-0.1, -0.05) is 30.3 Å². The van der Waals surface area contributed by atoms with Crippen molar-refractivity contribution in [2.75, 3.05) is 24.6 Å². The third kappa shape index (κ3) is 4.19. The van der Waals surface area contributed by atoms with Crippen LogP contribution in [0, 0.1) is 5.92 Å². The molecule has 1 aromatic carbocycles. The average Bonchev–Trinajstić information content (AvgIpc) is 2.75. The lowest BCUT2D eigenvalue weighted by Gasteiger charge is -2.32. The van der Waals surface area contributed by atoms with E-state index in [2.05, 4.69) is 19.9 Å². The number of piperidine rings is 1. The lowest BCUT2D eigenvalue weighted by Crippen LogP contribution is -2.37. The minimum Gasteiger partial charge on any atom is -0.477 e. The van der Waals surface area contributed by atoms with Crippen LogP contribution in [0.5, 0.6) is 5.88 Å². The molecule has 0 bridgehead atoms. The van der Waals surface area contributed by atoms with E-state index in [4.69, 9.17) is 4.74 Å². The molecule has 0 unspecified atom stereocenters. The van der Waals surface area contributed by atoms with Gasteiger partial charge in [-0.25, -0.2) is 15.0 Å². The summed E-state index contributed by atoms with van der Waals surface area (Å²) in [5.41, 5.74) is 1.87. The van der Waals surface area contributed by atoms with Crippen LogP contribution in [0.3, 0.4) is 0 Å². The quantitative estimate of drug-likeness (QED) is 0.680. The summed E-state index contributed by atoms with van der Waals surface area (Å²) in [6, 6.07) is 13.5. The van der Waals surface area contributed by atoms with Gasteiger partial charge in [0, 0.05) is 37.8 Å². The molecule has 2 aromatic heterocycles. The lowest BCUT2D eigenvalue weighted by molar-refractivity contribution is 0.215. The standard InChI is InChI=1S/C21H23N5O2/c1-25-15-24-19(12-21(25)27)26-9-7-16(8-10-26)13-28-20-11-18(22-14-23-20)17-5-3-2-4-6-17/h2-6,11-12,14-16H,7-10,13H2,1H3. The van der Waals surface area contributed by atoms with Gasteiger partial charge in [0.15, 0.2) is 0 Å². The van der Waals surface area contributed by atoms with Crippen molar-refractivity contribution in [2.24, 2.45) is 13.0 Å². The normalized spacial score (nSPS) is 14.8. The molecule has 3 aromatic rings. The summed E-state index contributed by atoms with van der Waals surface area (Å²) in [6.45, 7) is 2.36. The van der Waals surface area contributed by atoms with Crippen molar-refractivity contribution in [2.45, 2.75) is 12.8 Å². The second-order valence-electron chi connectivity index (χ2n) is 7.05. The number of aryl methyl sites for hydroxylation is 1. The van der Waals surface area contributed by atoms with Crippen LogP contribution < -0.4 is 15.2 Å². The Morgan fingerprint density at radius 3 is 2.61 bits per heavy atom. The Hall–Kier alpha value is -3.22. The van der Waals surface area contributed by atoms with E-state index in [0.717, 1.165) is 43.0 Å². The summed E-state index contributed by atoms with van der Waals surface area (Å²) in [4.78, 5) is 26.9. The van der Waals surface area contributed by atoms with E-state index < -0.39 is 0 Å². The summed E-state index contributed by atoms with van der Waals surface area (Å²) >= 11 is 0. The van der Waals surface area contributed by atoms with Crippen LogP contribution in [0.1, 0.15) is 12.8 Å². The third-order valence-corrected chi connectivity index (χ3v) is 5.08. The van der Waals surface area contributed by atoms with E-state index >= 15 is 0 Å². The Bertz CT molecular complexity index is 981. The van der Waals surface area contributed by atoms with E-state index in [1.165, 1.54) is 4.57 Å². The number of nitrogens with zero attached hydrogens (tertiary/aromatic N) is 5. The van der Waals surface area contributed by atoms with Gasteiger partial charge in [-0.2, -0.15) is 0 Å². The summed E-state index contributed by atoms with van der Waals surface area (Å²) in [5.74, 6) is 1.81. The third-order valence-electron chi connectivity index (χ3n) is 5.08. The summed E-state index contributed by atoms with van der Waals surface area (Å²) < 4.78 is 7.43. The first-order chi connectivity index (χ1) is 13.7. The van der Waals surface area contributed by atoms with E-state index in [9.17, 15) is 4.79 Å². The van der Waals surface area contributed by atoms with Gasteiger partial charge < -0.3 is 14.2 Å². The van der Waals surface area contributed by atoms with Crippen LogP contribution in [0.25, 0.3) is 11.3 Å². The molecule has 0 amide bonds. The van der Waals surface area contributed by atoms with Crippen molar-refractivity contribution in [1.29, 1.82) is 0 Å². The molecule has 7 heteroatoms. The summed E-state index contributed by atoms with van der Waals surface area (Å²) in [7, 11) is 1.71. The monoisotopic (exact) mass is 377 g/mol. The van der Waals surface area contributed by atoms with Crippen molar-refractivity contribution in [1.82, 2.24) is 19.5 Å². The van der Waals surface area contributed by atoms with Gasteiger partial charge >= 0.3 is 0 Å². The largest absolute Gasteiger partial charge is 0.477 e. The number of ether oxygens (including phenoxy) is 1. The topological polar surface area (TPSA) is 73.1 Å². The molecule has 0 N–H and O–H groups in total. The number of aromatic nitrogens is 4. The molecule has 0 spiro atoms. The fourth-order valence-electron chi connectivity index (χ4n) is 3.34. The lowest BCUT2D eigenvalue weighted by atomic mass is 9.98. The van der Waals surface area contributed by atoms with E-state index in [-0.39, 0.29) is 5.56 Å². The van der Waals surface area contributed by atoms with Gasteiger partial charge in [0.25, 0.3) is 5.56 Å². The molecule has 1 aliphatic rings. The van der Waals surface area contributed by atoms with Crippen LogP contribution in [0.15, 0.2) is 59.9 Å². The molecular weight excluding hydrogens is 354 g/mol. The Labute approximate surface area is 163 Å². The molecule has 28 heavy (non-hydrogen) atoms. The van der Waals surface area contributed by atoms with Gasteiger partial charge in [-0.3, -0.25) is 4.79 Å². The van der Waals surface area contributed by atoms with E-state index in [1.54, 1.807) is 25.8 Å². The summed E-state index contributed by atoms with van der Waals surface area (Å²) in [6.07, 6.45) is 5.11. The van der Waals surface area contributed by atoms with Crippen molar-refractivity contribution in [3.8, 4) is 17.1 Å². The molecule has 3 heterocycles. The molecule has 7 nitrogen and oxygen atoms in total. The van der Waals surface area contributed by atoms with Crippen LogP contribution >= 0.6 is 0 Å². The number of hydrogen-bond acceptors (Lipinski definition) is 6.